The quantitative estimate of drug-likeness (QED) is 0.368. The van der Waals surface area contributed by atoms with Gasteiger partial charge in [0.2, 0.25) is 5.82 Å². The van der Waals surface area contributed by atoms with Crippen LogP contribution in [0.4, 0.5) is 17.3 Å². The normalized spacial score (nSPS) is 10.2. The first-order chi connectivity index (χ1) is 8.63. The fourth-order valence-corrected chi connectivity index (χ4v) is 1.57. The van der Waals surface area contributed by atoms with Gasteiger partial charge in [0.15, 0.2) is 0 Å². The third-order valence-corrected chi connectivity index (χ3v) is 2.47. The largest absolute Gasteiger partial charge is 0.396 e. The summed E-state index contributed by atoms with van der Waals surface area (Å²) in [5.41, 5.74) is 2.28. The van der Waals surface area contributed by atoms with Crippen molar-refractivity contribution in [2.24, 2.45) is 5.84 Å². The van der Waals surface area contributed by atoms with Crippen LogP contribution in [0, 0.1) is 10.1 Å². The van der Waals surface area contributed by atoms with Crippen molar-refractivity contribution in [3.05, 3.63) is 22.2 Å². The molecule has 1 aromatic rings. The molecule has 4 N–H and O–H groups in total. The van der Waals surface area contributed by atoms with E-state index < -0.39 is 4.92 Å². The van der Waals surface area contributed by atoms with Gasteiger partial charge >= 0.3 is 5.69 Å². The summed E-state index contributed by atoms with van der Waals surface area (Å²) in [5, 5.41) is 19.8. The number of pyridine rings is 1. The monoisotopic (exact) mass is 255 g/mol. The molecule has 1 aromatic heterocycles. The number of hydrazine groups is 1. The zero-order valence-electron chi connectivity index (χ0n) is 10.2. The summed E-state index contributed by atoms with van der Waals surface area (Å²) in [6.45, 7) is 2.95. The summed E-state index contributed by atoms with van der Waals surface area (Å²) < 4.78 is 0. The van der Waals surface area contributed by atoms with Crippen LogP contribution in [0.15, 0.2) is 12.1 Å². The molecule has 0 atom stereocenters. The first-order valence-electron chi connectivity index (χ1n) is 5.61. The zero-order valence-corrected chi connectivity index (χ0v) is 10.2. The molecule has 100 valence electrons. The molecule has 1 rings (SSSR count). The third kappa shape index (κ3) is 3.28. The first kappa shape index (κ1) is 14.1. The third-order valence-electron chi connectivity index (χ3n) is 2.47. The van der Waals surface area contributed by atoms with Crippen molar-refractivity contribution < 1.29 is 10.0 Å². The van der Waals surface area contributed by atoms with E-state index in [-0.39, 0.29) is 18.1 Å². The van der Waals surface area contributed by atoms with Crippen molar-refractivity contribution in [1.29, 1.82) is 0 Å². The van der Waals surface area contributed by atoms with Crippen LogP contribution < -0.4 is 16.2 Å². The van der Waals surface area contributed by atoms with Gasteiger partial charge in [-0.1, -0.05) is 0 Å². The first-order valence-corrected chi connectivity index (χ1v) is 5.61. The molecule has 0 bridgehead atoms. The fraction of sp³-hybridized carbons (Fsp3) is 0.500. The van der Waals surface area contributed by atoms with Crippen LogP contribution in [0.2, 0.25) is 0 Å². The lowest BCUT2D eigenvalue weighted by Gasteiger charge is -2.21. The predicted molar refractivity (Wildman–Crippen MR) is 68.3 cm³/mol. The van der Waals surface area contributed by atoms with E-state index in [9.17, 15) is 10.1 Å². The van der Waals surface area contributed by atoms with Gasteiger partial charge in [0.25, 0.3) is 0 Å². The average Bonchev–Trinajstić information content (AvgIpc) is 2.39. The highest BCUT2D eigenvalue weighted by Crippen LogP contribution is 2.27. The van der Waals surface area contributed by atoms with E-state index in [0.29, 0.717) is 25.3 Å². The molecule has 18 heavy (non-hydrogen) atoms. The maximum atomic E-state index is 11.0. The molecule has 0 unspecified atom stereocenters. The number of aliphatic hydroxyl groups is 1. The van der Waals surface area contributed by atoms with Gasteiger partial charge in [-0.3, -0.25) is 10.1 Å². The molecule has 0 amide bonds. The van der Waals surface area contributed by atoms with E-state index in [0.717, 1.165) is 0 Å². The zero-order chi connectivity index (χ0) is 13.5. The smallest absolute Gasteiger partial charge is 0.311 e. The molecule has 0 saturated carbocycles. The molecule has 0 saturated heterocycles. The summed E-state index contributed by atoms with van der Waals surface area (Å²) in [5.74, 6) is 5.86. The second kappa shape index (κ2) is 6.72. The summed E-state index contributed by atoms with van der Waals surface area (Å²) in [7, 11) is 0. The summed E-state index contributed by atoms with van der Waals surface area (Å²) >= 11 is 0. The minimum absolute atomic E-state index is 0.0269. The van der Waals surface area contributed by atoms with Crippen molar-refractivity contribution in [1.82, 2.24) is 4.98 Å². The molecule has 0 spiro atoms. The lowest BCUT2D eigenvalue weighted by atomic mass is 10.3. The number of nitrogens with two attached hydrogens (primary N) is 1. The molecule has 0 aliphatic carbocycles. The Labute approximate surface area is 105 Å². The van der Waals surface area contributed by atoms with Gasteiger partial charge in [-0.05, 0) is 19.4 Å². The van der Waals surface area contributed by atoms with Gasteiger partial charge in [-0.25, -0.2) is 10.8 Å². The predicted octanol–water partition coefficient (Wildman–Crippen LogP) is 0.484. The number of aliphatic hydroxyl groups excluding tert-OH is 1. The molecule has 0 aromatic carbocycles. The molecule has 8 nitrogen and oxygen atoms in total. The molecular formula is C10H17N5O3. The van der Waals surface area contributed by atoms with Gasteiger partial charge in [0.05, 0.1) is 4.92 Å². The van der Waals surface area contributed by atoms with Crippen LogP contribution in [0.25, 0.3) is 0 Å². The SMILES string of the molecule is CCN(CCCO)c1nc(NN)ccc1[N+](=O)[O-]. The number of hydrogen-bond donors (Lipinski definition) is 3. The second-order valence-corrected chi connectivity index (χ2v) is 3.60. The van der Waals surface area contributed by atoms with E-state index in [2.05, 4.69) is 10.4 Å². The Morgan fingerprint density at radius 3 is 2.83 bits per heavy atom. The lowest BCUT2D eigenvalue weighted by Crippen LogP contribution is -2.27. The van der Waals surface area contributed by atoms with Crippen LogP contribution in [-0.4, -0.2) is 34.7 Å². The van der Waals surface area contributed by atoms with Crippen LogP contribution >= 0.6 is 0 Å². The van der Waals surface area contributed by atoms with Crippen molar-refractivity contribution >= 4 is 17.3 Å². The highest BCUT2D eigenvalue weighted by atomic mass is 16.6. The van der Waals surface area contributed by atoms with Crippen molar-refractivity contribution in [3.63, 3.8) is 0 Å². The topological polar surface area (TPSA) is 118 Å². The van der Waals surface area contributed by atoms with Crippen molar-refractivity contribution in [2.45, 2.75) is 13.3 Å². The summed E-state index contributed by atoms with van der Waals surface area (Å²) in [6.07, 6.45) is 0.521. The molecule has 1 heterocycles. The van der Waals surface area contributed by atoms with Gasteiger partial charge in [-0.15, -0.1) is 0 Å². The number of rotatable bonds is 7. The van der Waals surface area contributed by atoms with Gasteiger partial charge in [-0.2, -0.15) is 0 Å². The number of hydrogen-bond acceptors (Lipinski definition) is 7. The number of aromatic nitrogens is 1. The molecule has 8 heteroatoms. The van der Waals surface area contributed by atoms with Gasteiger partial charge < -0.3 is 15.4 Å². The summed E-state index contributed by atoms with van der Waals surface area (Å²) in [6, 6.07) is 2.81. The van der Waals surface area contributed by atoms with Crippen LogP contribution in [0.1, 0.15) is 13.3 Å². The maximum absolute atomic E-state index is 11.0. The van der Waals surface area contributed by atoms with E-state index in [4.69, 9.17) is 10.9 Å². The highest BCUT2D eigenvalue weighted by molar-refractivity contribution is 5.61. The minimum atomic E-state index is -0.482. The number of nitro groups is 1. The second-order valence-electron chi connectivity index (χ2n) is 3.60. The van der Waals surface area contributed by atoms with Crippen LogP contribution in [-0.2, 0) is 0 Å². The van der Waals surface area contributed by atoms with E-state index in [1.54, 1.807) is 4.90 Å². The number of nitrogens with zero attached hydrogens (tertiary/aromatic N) is 3. The van der Waals surface area contributed by atoms with Crippen LogP contribution in [0.5, 0.6) is 0 Å². The molecule has 0 fully saturated rings. The number of anilines is 2. The lowest BCUT2D eigenvalue weighted by molar-refractivity contribution is -0.384. The Morgan fingerprint density at radius 1 is 1.61 bits per heavy atom. The summed E-state index contributed by atoms with van der Waals surface area (Å²) in [4.78, 5) is 16.3. The minimum Gasteiger partial charge on any atom is -0.396 e. The number of nitrogens with one attached hydrogen (secondary N) is 1. The van der Waals surface area contributed by atoms with E-state index in [1.165, 1.54) is 12.1 Å². The Bertz CT molecular complexity index is 412. The number of nitrogen functional groups attached to an aromatic ring is 1. The van der Waals surface area contributed by atoms with E-state index >= 15 is 0 Å². The maximum Gasteiger partial charge on any atom is 0.311 e. The van der Waals surface area contributed by atoms with Crippen molar-refractivity contribution in [2.75, 3.05) is 30.0 Å². The molecular weight excluding hydrogens is 238 g/mol. The van der Waals surface area contributed by atoms with Gasteiger partial charge in [0.1, 0.15) is 5.82 Å². The Hall–Kier alpha value is -1.93. The van der Waals surface area contributed by atoms with Crippen LogP contribution in [0.3, 0.4) is 0 Å². The molecule has 0 radical (unpaired) electrons. The highest BCUT2D eigenvalue weighted by Gasteiger charge is 2.20. The standard InChI is InChI=1S/C10H17N5O3/c1-2-14(6-3-7-16)10-8(15(17)18)4-5-9(12-10)13-11/h4-5,16H,2-3,6-7,11H2,1H3,(H,12,13). The average molecular weight is 255 g/mol. The molecule has 0 aliphatic rings. The van der Waals surface area contributed by atoms with Gasteiger partial charge in [0, 0.05) is 25.8 Å². The van der Waals surface area contributed by atoms with Crippen molar-refractivity contribution in [3.8, 4) is 0 Å². The Kier molecular flexibility index (Phi) is 5.28. The Balaban J connectivity index is 3.11. The molecule has 0 aliphatic heterocycles. The fourth-order valence-electron chi connectivity index (χ4n) is 1.57. The van der Waals surface area contributed by atoms with E-state index in [1.807, 2.05) is 6.92 Å². The Morgan fingerprint density at radius 2 is 2.33 bits per heavy atom.